The van der Waals surface area contributed by atoms with Crippen LogP contribution in [-0.4, -0.2) is 55.7 Å². The summed E-state index contributed by atoms with van der Waals surface area (Å²) < 4.78 is 35.1. The van der Waals surface area contributed by atoms with E-state index >= 15 is 0 Å². The first-order valence-corrected chi connectivity index (χ1v) is 16.4. The van der Waals surface area contributed by atoms with Crippen LogP contribution in [0.4, 0.5) is 5.13 Å². The fraction of sp³-hybridized carbons (Fsp3) is 0.310. The highest BCUT2D eigenvalue weighted by Gasteiger charge is 2.28. The number of nitrogens with zero attached hydrogens (tertiary/aromatic N) is 3. The van der Waals surface area contributed by atoms with Gasteiger partial charge in [-0.2, -0.15) is 4.31 Å². The summed E-state index contributed by atoms with van der Waals surface area (Å²) in [7, 11) is -3.73. The number of thiazole rings is 1. The average molecular weight is 582 g/mol. The molecule has 5 rings (SSSR count). The van der Waals surface area contributed by atoms with Crippen LogP contribution in [0.3, 0.4) is 0 Å². The van der Waals surface area contributed by atoms with Crippen molar-refractivity contribution < 1.29 is 17.9 Å². The highest BCUT2D eigenvalue weighted by atomic mass is 32.2. The Balaban J connectivity index is 1.41. The van der Waals surface area contributed by atoms with E-state index in [1.807, 2.05) is 55.6 Å². The Bertz CT molecular complexity index is 1530. The van der Waals surface area contributed by atoms with Gasteiger partial charge >= 0.3 is 0 Å². The highest BCUT2D eigenvalue weighted by molar-refractivity contribution is 7.98. The van der Waals surface area contributed by atoms with Crippen LogP contribution >= 0.6 is 23.1 Å². The Labute approximate surface area is 237 Å². The minimum Gasteiger partial charge on any atom is -0.376 e. The molecule has 1 amide bonds. The Hall–Kier alpha value is -2.76. The topological polar surface area (TPSA) is 79.8 Å². The first kappa shape index (κ1) is 27.8. The molecule has 1 aromatic heterocycles. The Morgan fingerprint density at radius 3 is 2.54 bits per heavy atom. The molecular weight excluding hydrogens is 551 g/mol. The molecule has 0 N–H and O–H groups in total. The van der Waals surface area contributed by atoms with E-state index in [0.717, 1.165) is 33.5 Å². The molecule has 204 valence electrons. The lowest BCUT2D eigenvalue weighted by Gasteiger charge is -2.23. The van der Waals surface area contributed by atoms with Gasteiger partial charge in [0.05, 0.1) is 27.8 Å². The van der Waals surface area contributed by atoms with Crippen LogP contribution in [0.1, 0.15) is 35.7 Å². The van der Waals surface area contributed by atoms with E-state index in [1.54, 1.807) is 28.8 Å². The minimum absolute atomic E-state index is 0.0570. The summed E-state index contributed by atoms with van der Waals surface area (Å²) in [4.78, 5) is 21.5. The minimum atomic E-state index is -3.73. The summed E-state index contributed by atoms with van der Waals surface area (Å²) in [5, 5.41) is 0.612. The SMILES string of the molecule is CCN(Cc1ccccc1)S(=O)(=O)c1ccc(C(=O)N(CC2CCCO2)c2nc3ccc(SC)cc3s2)cc1. The summed E-state index contributed by atoms with van der Waals surface area (Å²) in [5.41, 5.74) is 2.17. The van der Waals surface area contributed by atoms with E-state index in [-0.39, 0.29) is 23.5 Å². The van der Waals surface area contributed by atoms with Gasteiger partial charge in [0.2, 0.25) is 10.0 Å². The molecule has 1 fully saturated rings. The largest absolute Gasteiger partial charge is 0.376 e. The zero-order valence-electron chi connectivity index (χ0n) is 21.9. The molecule has 1 aliphatic rings. The van der Waals surface area contributed by atoms with Gasteiger partial charge in [0.25, 0.3) is 5.91 Å². The Morgan fingerprint density at radius 2 is 1.87 bits per heavy atom. The second-order valence-corrected chi connectivity index (χ2v) is 13.1. The number of rotatable bonds is 10. The number of ether oxygens (including phenoxy) is 1. The van der Waals surface area contributed by atoms with Gasteiger partial charge in [-0.05, 0) is 67.1 Å². The lowest BCUT2D eigenvalue weighted by Crippen LogP contribution is -2.37. The van der Waals surface area contributed by atoms with Crippen LogP contribution < -0.4 is 4.90 Å². The number of carbonyl (C=O) groups excluding carboxylic acids is 1. The molecule has 0 radical (unpaired) electrons. The smallest absolute Gasteiger partial charge is 0.260 e. The van der Waals surface area contributed by atoms with Gasteiger partial charge in [0, 0.05) is 30.2 Å². The van der Waals surface area contributed by atoms with E-state index < -0.39 is 10.0 Å². The maximum Gasteiger partial charge on any atom is 0.260 e. The maximum absolute atomic E-state index is 13.8. The number of anilines is 1. The van der Waals surface area contributed by atoms with Gasteiger partial charge in [-0.25, -0.2) is 13.4 Å². The van der Waals surface area contributed by atoms with Crippen LogP contribution in [0.2, 0.25) is 0 Å². The average Bonchev–Trinajstić information content (AvgIpc) is 3.64. The molecule has 4 aromatic rings. The standard InChI is InChI=1S/C29H31N3O4S3/c1-3-31(19-21-8-5-4-6-9-21)39(34,35)25-14-11-22(12-15-25)28(33)32(20-23-10-7-17-36-23)29-30-26-16-13-24(37-2)18-27(26)38-29/h4-6,8-9,11-16,18,23H,3,7,10,17,19-20H2,1-2H3. The quantitative estimate of drug-likeness (QED) is 0.212. The van der Waals surface area contributed by atoms with Gasteiger partial charge in [0.15, 0.2) is 5.13 Å². The van der Waals surface area contributed by atoms with Crippen LogP contribution in [0.15, 0.2) is 82.6 Å². The Kier molecular flexibility index (Phi) is 8.68. The molecular formula is C29H31N3O4S3. The third-order valence-electron chi connectivity index (χ3n) is 6.76. The molecule has 2 heterocycles. The molecule has 39 heavy (non-hydrogen) atoms. The normalized spacial score (nSPS) is 15.7. The monoisotopic (exact) mass is 581 g/mol. The van der Waals surface area contributed by atoms with Crippen molar-refractivity contribution in [2.24, 2.45) is 0 Å². The first-order valence-electron chi connectivity index (χ1n) is 12.9. The number of carbonyl (C=O) groups is 1. The van der Waals surface area contributed by atoms with Crippen molar-refractivity contribution >= 4 is 54.4 Å². The molecule has 7 nitrogen and oxygen atoms in total. The molecule has 0 aliphatic carbocycles. The summed E-state index contributed by atoms with van der Waals surface area (Å²) in [5.74, 6) is -0.227. The molecule has 3 aromatic carbocycles. The predicted molar refractivity (Wildman–Crippen MR) is 158 cm³/mol. The van der Waals surface area contributed by atoms with Gasteiger partial charge in [-0.1, -0.05) is 48.6 Å². The van der Waals surface area contributed by atoms with Crippen molar-refractivity contribution in [1.82, 2.24) is 9.29 Å². The molecule has 0 bridgehead atoms. The number of hydrogen-bond acceptors (Lipinski definition) is 7. The van der Waals surface area contributed by atoms with Crippen LogP contribution in [0.25, 0.3) is 10.2 Å². The third kappa shape index (κ3) is 6.20. The second kappa shape index (κ2) is 12.2. The fourth-order valence-corrected chi connectivity index (χ4v) is 7.57. The van der Waals surface area contributed by atoms with E-state index in [0.29, 0.717) is 30.4 Å². The highest BCUT2D eigenvalue weighted by Crippen LogP contribution is 2.33. The zero-order chi connectivity index (χ0) is 27.4. The van der Waals surface area contributed by atoms with Gasteiger partial charge in [0.1, 0.15) is 0 Å². The van der Waals surface area contributed by atoms with Crippen LogP contribution in [-0.2, 0) is 21.3 Å². The number of aromatic nitrogens is 1. The van der Waals surface area contributed by atoms with E-state index in [4.69, 9.17) is 9.72 Å². The zero-order valence-corrected chi connectivity index (χ0v) is 24.4. The van der Waals surface area contributed by atoms with E-state index in [2.05, 4.69) is 6.07 Å². The lowest BCUT2D eigenvalue weighted by molar-refractivity contribution is 0.0917. The van der Waals surface area contributed by atoms with Gasteiger partial charge in [-0.3, -0.25) is 9.69 Å². The number of hydrogen-bond donors (Lipinski definition) is 0. The molecule has 10 heteroatoms. The number of benzene rings is 3. The van der Waals surface area contributed by atoms with E-state index in [9.17, 15) is 13.2 Å². The number of sulfonamides is 1. The maximum atomic E-state index is 13.8. The fourth-order valence-electron chi connectivity index (χ4n) is 4.60. The van der Waals surface area contributed by atoms with Crippen molar-refractivity contribution in [1.29, 1.82) is 0 Å². The molecule has 0 saturated carbocycles. The molecule has 1 atom stereocenters. The van der Waals surface area contributed by atoms with Crippen molar-refractivity contribution in [3.8, 4) is 0 Å². The number of thioether (sulfide) groups is 1. The lowest BCUT2D eigenvalue weighted by atomic mass is 10.2. The summed E-state index contributed by atoms with van der Waals surface area (Å²) in [6, 6.07) is 21.8. The first-order chi connectivity index (χ1) is 18.9. The van der Waals surface area contributed by atoms with Crippen molar-refractivity contribution in [2.45, 2.75) is 42.2 Å². The molecule has 1 aliphatic heterocycles. The molecule has 1 saturated heterocycles. The molecule has 0 spiro atoms. The van der Waals surface area contributed by atoms with Crippen LogP contribution in [0, 0.1) is 0 Å². The van der Waals surface area contributed by atoms with Crippen molar-refractivity contribution in [3.05, 3.63) is 83.9 Å². The van der Waals surface area contributed by atoms with Crippen molar-refractivity contribution in [2.75, 3.05) is 30.9 Å². The second-order valence-electron chi connectivity index (χ2n) is 9.32. The number of fused-ring (bicyclic) bond motifs is 1. The summed E-state index contributed by atoms with van der Waals surface area (Å²) in [6.45, 7) is 3.53. The summed E-state index contributed by atoms with van der Waals surface area (Å²) >= 11 is 3.14. The number of amides is 1. The Morgan fingerprint density at radius 1 is 1.10 bits per heavy atom. The van der Waals surface area contributed by atoms with Crippen LogP contribution in [0.5, 0.6) is 0 Å². The third-order valence-corrected chi connectivity index (χ3v) is 10.5. The predicted octanol–water partition coefficient (Wildman–Crippen LogP) is 6.05. The summed E-state index contributed by atoms with van der Waals surface area (Å²) in [6.07, 6.45) is 3.82. The molecule has 1 unspecified atom stereocenters. The van der Waals surface area contributed by atoms with Gasteiger partial charge in [-0.15, -0.1) is 11.8 Å². The van der Waals surface area contributed by atoms with E-state index in [1.165, 1.54) is 27.8 Å². The van der Waals surface area contributed by atoms with Gasteiger partial charge < -0.3 is 4.74 Å². The van der Waals surface area contributed by atoms with Crippen molar-refractivity contribution in [3.63, 3.8) is 0 Å².